The van der Waals surface area contributed by atoms with Gasteiger partial charge in [0, 0.05) is 19.7 Å². The molecule has 0 aromatic carbocycles. The SMILES string of the molecule is COCCOC1=CC2C(=O)C=C(CN)N=C2C=C1. The van der Waals surface area contributed by atoms with E-state index in [-0.39, 0.29) is 18.2 Å². The van der Waals surface area contributed by atoms with Crippen LogP contribution in [0, 0.1) is 5.92 Å². The summed E-state index contributed by atoms with van der Waals surface area (Å²) in [6.07, 6.45) is 6.88. The van der Waals surface area contributed by atoms with Gasteiger partial charge in [0.1, 0.15) is 12.4 Å². The highest BCUT2D eigenvalue weighted by Gasteiger charge is 2.26. The van der Waals surface area contributed by atoms with Crippen molar-refractivity contribution in [3.05, 3.63) is 35.8 Å². The van der Waals surface area contributed by atoms with Crippen LogP contribution >= 0.6 is 0 Å². The summed E-state index contributed by atoms with van der Waals surface area (Å²) in [5, 5.41) is 0. The van der Waals surface area contributed by atoms with Gasteiger partial charge in [-0.3, -0.25) is 9.79 Å². The molecule has 1 atom stereocenters. The minimum Gasteiger partial charge on any atom is -0.491 e. The average Bonchev–Trinajstić information content (AvgIpc) is 2.39. The Kier molecular flexibility index (Phi) is 4.07. The third kappa shape index (κ3) is 2.75. The number of nitrogens with two attached hydrogens (primary N) is 1. The molecule has 0 aromatic heterocycles. The molecule has 1 aliphatic heterocycles. The zero-order valence-corrected chi connectivity index (χ0v) is 10.3. The van der Waals surface area contributed by atoms with Crippen molar-refractivity contribution in [2.24, 2.45) is 16.6 Å². The number of carbonyl (C=O) groups excluding carboxylic acids is 1. The van der Waals surface area contributed by atoms with Crippen molar-refractivity contribution in [1.29, 1.82) is 0 Å². The molecule has 0 fully saturated rings. The molecule has 1 unspecified atom stereocenters. The number of carbonyl (C=O) groups is 1. The van der Waals surface area contributed by atoms with E-state index in [0.717, 1.165) is 5.71 Å². The fraction of sp³-hybridized carbons (Fsp3) is 0.385. The maximum Gasteiger partial charge on any atom is 0.170 e. The Morgan fingerprint density at radius 3 is 2.94 bits per heavy atom. The lowest BCUT2D eigenvalue weighted by atomic mass is 9.90. The maximum absolute atomic E-state index is 11.9. The van der Waals surface area contributed by atoms with E-state index in [2.05, 4.69) is 4.99 Å². The topological polar surface area (TPSA) is 73.9 Å². The number of ether oxygens (including phenoxy) is 2. The van der Waals surface area contributed by atoms with E-state index in [9.17, 15) is 4.79 Å². The number of aliphatic imine (C=N–C) groups is 1. The van der Waals surface area contributed by atoms with Crippen molar-refractivity contribution in [2.75, 3.05) is 26.9 Å². The third-order valence-corrected chi connectivity index (χ3v) is 2.72. The van der Waals surface area contributed by atoms with E-state index < -0.39 is 0 Å². The van der Waals surface area contributed by atoms with Crippen LogP contribution in [0.5, 0.6) is 0 Å². The van der Waals surface area contributed by atoms with Gasteiger partial charge in [0.2, 0.25) is 0 Å². The van der Waals surface area contributed by atoms with Crippen LogP contribution in [-0.4, -0.2) is 38.4 Å². The predicted octanol–water partition coefficient (Wildman–Crippen LogP) is 0.586. The lowest BCUT2D eigenvalue weighted by molar-refractivity contribution is -0.115. The van der Waals surface area contributed by atoms with Crippen LogP contribution in [0.4, 0.5) is 0 Å². The first kappa shape index (κ1) is 12.7. The molecule has 1 aliphatic carbocycles. The first-order chi connectivity index (χ1) is 8.74. The van der Waals surface area contributed by atoms with E-state index in [4.69, 9.17) is 15.2 Å². The molecule has 5 nitrogen and oxygen atoms in total. The minimum atomic E-state index is -0.345. The number of allylic oxidation sites excluding steroid dienone is 4. The number of rotatable bonds is 5. The van der Waals surface area contributed by atoms with Crippen LogP contribution in [0.15, 0.2) is 40.8 Å². The second kappa shape index (κ2) is 5.75. The molecule has 2 N–H and O–H groups in total. The third-order valence-electron chi connectivity index (χ3n) is 2.72. The number of hydrogen-bond donors (Lipinski definition) is 1. The summed E-state index contributed by atoms with van der Waals surface area (Å²) in [6.45, 7) is 1.25. The van der Waals surface area contributed by atoms with Gasteiger partial charge in [-0.1, -0.05) is 0 Å². The lowest BCUT2D eigenvalue weighted by Crippen LogP contribution is -2.27. The summed E-state index contributed by atoms with van der Waals surface area (Å²) in [7, 11) is 1.61. The Morgan fingerprint density at radius 1 is 1.39 bits per heavy atom. The molecule has 0 amide bonds. The molecule has 0 saturated carbocycles. The maximum atomic E-state index is 11.9. The van der Waals surface area contributed by atoms with Gasteiger partial charge in [-0.2, -0.15) is 0 Å². The molecule has 18 heavy (non-hydrogen) atoms. The Morgan fingerprint density at radius 2 is 2.22 bits per heavy atom. The second-order valence-electron chi connectivity index (χ2n) is 4.00. The van der Waals surface area contributed by atoms with Gasteiger partial charge in [-0.05, 0) is 18.2 Å². The molecular formula is C13H16N2O3. The van der Waals surface area contributed by atoms with Crippen LogP contribution < -0.4 is 5.73 Å². The fourth-order valence-corrected chi connectivity index (χ4v) is 1.81. The number of methoxy groups -OCH3 is 1. The monoisotopic (exact) mass is 248 g/mol. The van der Waals surface area contributed by atoms with E-state index >= 15 is 0 Å². The second-order valence-corrected chi connectivity index (χ2v) is 4.00. The summed E-state index contributed by atoms with van der Waals surface area (Å²) >= 11 is 0. The van der Waals surface area contributed by atoms with E-state index in [0.29, 0.717) is 24.7 Å². The van der Waals surface area contributed by atoms with Crippen molar-refractivity contribution in [3.63, 3.8) is 0 Å². The van der Waals surface area contributed by atoms with E-state index in [1.54, 1.807) is 25.3 Å². The number of nitrogens with zero attached hydrogens (tertiary/aromatic N) is 1. The summed E-state index contributed by atoms with van der Waals surface area (Å²) < 4.78 is 10.4. The lowest BCUT2D eigenvalue weighted by Gasteiger charge is -2.20. The molecule has 1 heterocycles. The molecule has 5 heteroatoms. The van der Waals surface area contributed by atoms with Crippen LogP contribution in [0.1, 0.15) is 0 Å². The van der Waals surface area contributed by atoms with Gasteiger partial charge in [-0.25, -0.2) is 0 Å². The van der Waals surface area contributed by atoms with Crippen molar-refractivity contribution >= 4 is 11.5 Å². The van der Waals surface area contributed by atoms with Crippen molar-refractivity contribution in [3.8, 4) is 0 Å². The number of fused-ring (bicyclic) bond motifs is 1. The van der Waals surface area contributed by atoms with Gasteiger partial charge in [0.15, 0.2) is 5.78 Å². The van der Waals surface area contributed by atoms with Crippen LogP contribution in [0.2, 0.25) is 0 Å². The standard InChI is InChI=1S/C13H16N2O3/c1-17-4-5-18-10-2-3-12-11(7-10)13(16)6-9(8-14)15-12/h2-3,6-7,11H,4-5,8,14H2,1H3. The Hall–Kier alpha value is -1.72. The van der Waals surface area contributed by atoms with Crippen molar-refractivity contribution in [2.45, 2.75) is 0 Å². The fourth-order valence-electron chi connectivity index (χ4n) is 1.81. The molecule has 96 valence electrons. The van der Waals surface area contributed by atoms with Gasteiger partial charge in [0.05, 0.1) is 23.9 Å². The highest BCUT2D eigenvalue weighted by molar-refractivity contribution is 6.18. The normalized spacial score (nSPS) is 22.0. The summed E-state index contributed by atoms with van der Waals surface area (Å²) in [5.74, 6) is 0.328. The summed E-state index contributed by atoms with van der Waals surface area (Å²) in [6, 6.07) is 0. The van der Waals surface area contributed by atoms with Gasteiger partial charge in [0.25, 0.3) is 0 Å². The highest BCUT2D eigenvalue weighted by atomic mass is 16.5. The number of ketones is 1. The molecule has 2 aliphatic rings. The summed E-state index contributed by atoms with van der Waals surface area (Å²) in [5.41, 5.74) is 6.83. The molecule has 0 radical (unpaired) electrons. The quantitative estimate of drug-likeness (QED) is 0.722. The average molecular weight is 248 g/mol. The minimum absolute atomic E-state index is 0.00218. The van der Waals surface area contributed by atoms with E-state index in [1.165, 1.54) is 6.08 Å². The first-order valence-corrected chi connectivity index (χ1v) is 5.79. The predicted molar refractivity (Wildman–Crippen MR) is 68.1 cm³/mol. The van der Waals surface area contributed by atoms with Crippen molar-refractivity contribution in [1.82, 2.24) is 0 Å². The Balaban J connectivity index is 2.08. The Labute approximate surface area is 106 Å². The van der Waals surface area contributed by atoms with Crippen LogP contribution in [-0.2, 0) is 14.3 Å². The zero-order valence-electron chi connectivity index (χ0n) is 10.3. The first-order valence-electron chi connectivity index (χ1n) is 5.79. The highest BCUT2D eigenvalue weighted by Crippen LogP contribution is 2.22. The molecule has 2 rings (SSSR count). The molecule has 0 aromatic rings. The zero-order chi connectivity index (χ0) is 13.0. The molecule has 0 saturated heterocycles. The Bertz CT molecular complexity index is 461. The molecule has 0 spiro atoms. The summed E-state index contributed by atoms with van der Waals surface area (Å²) in [4.78, 5) is 16.2. The van der Waals surface area contributed by atoms with Gasteiger partial charge < -0.3 is 15.2 Å². The van der Waals surface area contributed by atoms with E-state index in [1.807, 2.05) is 0 Å². The molecular weight excluding hydrogens is 232 g/mol. The van der Waals surface area contributed by atoms with Crippen molar-refractivity contribution < 1.29 is 14.3 Å². The number of hydrogen-bond acceptors (Lipinski definition) is 5. The smallest absolute Gasteiger partial charge is 0.170 e. The van der Waals surface area contributed by atoms with Crippen LogP contribution in [0.3, 0.4) is 0 Å². The molecule has 0 bridgehead atoms. The van der Waals surface area contributed by atoms with Gasteiger partial charge in [-0.15, -0.1) is 0 Å². The van der Waals surface area contributed by atoms with Gasteiger partial charge >= 0.3 is 0 Å². The van der Waals surface area contributed by atoms with Crippen LogP contribution in [0.25, 0.3) is 0 Å². The largest absolute Gasteiger partial charge is 0.491 e.